The van der Waals surface area contributed by atoms with Gasteiger partial charge in [0.05, 0.1) is 0 Å². The van der Waals surface area contributed by atoms with Gasteiger partial charge >= 0.3 is 5.97 Å². The van der Waals surface area contributed by atoms with Crippen LogP contribution in [0.25, 0.3) is 0 Å². The molecule has 1 aliphatic carbocycles. The fourth-order valence-corrected chi connectivity index (χ4v) is 3.72. The van der Waals surface area contributed by atoms with Crippen LogP contribution < -0.4 is 5.32 Å². The number of nitrogens with one attached hydrogen (secondary N) is 1. The number of thiophene rings is 1. The quantitative estimate of drug-likeness (QED) is 0.851. The van der Waals surface area contributed by atoms with E-state index in [1.54, 1.807) is 0 Å². The SMILES string of the molecule is CC[C@H]1CCc2sc(C(=O)OCC(=O)NC(C)C)cc2C1. The molecule has 0 radical (unpaired) electrons. The first-order chi connectivity index (χ1) is 9.99. The van der Waals surface area contributed by atoms with E-state index in [9.17, 15) is 9.59 Å². The largest absolute Gasteiger partial charge is 0.451 e. The molecule has 0 unspecified atom stereocenters. The smallest absolute Gasteiger partial charge is 0.348 e. The molecular weight excluding hydrogens is 286 g/mol. The molecule has 0 aromatic carbocycles. The Bertz CT molecular complexity index is 522. The number of hydrogen-bond donors (Lipinski definition) is 1. The standard InChI is InChI=1S/C16H23NO3S/c1-4-11-5-6-13-12(7-11)8-14(21-13)16(19)20-9-15(18)17-10(2)3/h8,10-11H,4-7,9H2,1-3H3,(H,17,18)/t11-/m0/s1. The van der Waals surface area contributed by atoms with E-state index in [1.807, 2.05) is 19.9 Å². The summed E-state index contributed by atoms with van der Waals surface area (Å²) in [6.07, 6.45) is 4.50. The zero-order chi connectivity index (χ0) is 15.4. The van der Waals surface area contributed by atoms with Crippen LogP contribution in [0.5, 0.6) is 0 Å². The molecule has 0 bridgehead atoms. The first kappa shape index (κ1) is 16.0. The summed E-state index contributed by atoms with van der Waals surface area (Å²) in [5.41, 5.74) is 1.29. The molecule has 0 aliphatic heterocycles. The number of carbonyl (C=O) groups excluding carboxylic acids is 2. The van der Waals surface area contributed by atoms with Crippen LogP contribution in [0.15, 0.2) is 6.07 Å². The van der Waals surface area contributed by atoms with Crippen LogP contribution in [-0.4, -0.2) is 24.5 Å². The maximum Gasteiger partial charge on any atom is 0.348 e. The number of esters is 1. The summed E-state index contributed by atoms with van der Waals surface area (Å²) in [6.45, 7) is 5.75. The summed E-state index contributed by atoms with van der Waals surface area (Å²) in [4.78, 5) is 25.4. The van der Waals surface area contributed by atoms with Crippen molar-refractivity contribution in [2.24, 2.45) is 5.92 Å². The summed E-state index contributed by atoms with van der Waals surface area (Å²) < 4.78 is 5.08. The average Bonchev–Trinajstić information content (AvgIpc) is 2.86. The van der Waals surface area contributed by atoms with Crippen LogP contribution in [0, 0.1) is 5.92 Å². The van der Waals surface area contributed by atoms with E-state index in [4.69, 9.17) is 4.74 Å². The Morgan fingerprint density at radius 3 is 2.90 bits per heavy atom. The summed E-state index contributed by atoms with van der Waals surface area (Å²) in [7, 11) is 0. The molecular formula is C16H23NO3S. The van der Waals surface area contributed by atoms with Crippen molar-refractivity contribution in [2.45, 2.75) is 52.5 Å². The van der Waals surface area contributed by atoms with Gasteiger partial charge in [-0.3, -0.25) is 4.79 Å². The fourth-order valence-electron chi connectivity index (χ4n) is 2.61. The topological polar surface area (TPSA) is 55.4 Å². The molecule has 2 rings (SSSR count). The lowest BCUT2D eigenvalue weighted by Crippen LogP contribution is -2.33. The van der Waals surface area contributed by atoms with Gasteiger partial charge in [-0.2, -0.15) is 0 Å². The van der Waals surface area contributed by atoms with E-state index in [2.05, 4.69) is 12.2 Å². The molecule has 0 saturated carbocycles. The first-order valence-electron chi connectivity index (χ1n) is 7.57. The predicted molar refractivity (Wildman–Crippen MR) is 83.7 cm³/mol. The molecule has 4 nitrogen and oxygen atoms in total. The van der Waals surface area contributed by atoms with Crippen molar-refractivity contribution in [3.8, 4) is 0 Å². The molecule has 0 saturated heterocycles. The lowest BCUT2D eigenvalue weighted by atomic mass is 9.87. The molecule has 21 heavy (non-hydrogen) atoms. The predicted octanol–water partition coefficient (Wildman–Crippen LogP) is 2.94. The van der Waals surface area contributed by atoms with Gasteiger partial charge in [0, 0.05) is 10.9 Å². The van der Waals surface area contributed by atoms with Crippen LogP contribution >= 0.6 is 11.3 Å². The van der Waals surface area contributed by atoms with E-state index in [-0.39, 0.29) is 24.5 Å². The van der Waals surface area contributed by atoms with Crippen molar-refractivity contribution in [3.05, 3.63) is 21.4 Å². The number of amides is 1. The monoisotopic (exact) mass is 309 g/mol. The molecule has 1 aromatic heterocycles. The summed E-state index contributed by atoms with van der Waals surface area (Å²) >= 11 is 1.52. The highest BCUT2D eigenvalue weighted by Crippen LogP contribution is 2.33. The van der Waals surface area contributed by atoms with Crippen molar-refractivity contribution >= 4 is 23.2 Å². The van der Waals surface area contributed by atoms with Crippen LogP contribution in [0.2, 0.25) is 0 Å². The molecule has 1 aliphatic rings. The Kier molecular flexibility index (Phi) is 5.39. The highest BCUT2D eigenvalue weighted by molar-refractivity contribution is 7.14. The minimum atomic E-state index is -0.388. The molecule has 116 valence electrons. The maximum atomic E-state index is 12.0. The molecule has 0 spiro atoms. The minimum absolute atomic E-state index is 0.0521. The third kappa shape index (κ3) is 4.30. The maximum absolute atomic E-state index is 12.0. The second-order valence-corrected chi connectivity index (χ2v) is 7.01. The van der Waals surface area contributed by atoms with E-state index in [0.717, 1.165) is 18.8 Å². The normalized spacial score (nSPS) is 17.4. The fraction of sp³-hybridized carbons (Fsp3) is 0.625. The van der Waals surface area contributed by atoms with Gasteiger partial charge in [-0.15, -0.1) is 11.3 Å². The number of ether oxygens (including phenoxy) is 1. The van der Waals surface area contributed by atoms with Gasteiger partial charge in [0.2, 0.25) is 0 Å². The van der Waals surface area contributed by atoms with Crippen molar-refractivity contribution in [3.63, 3.8) is 0 Å². The summed E-state index contributed by atoms with van der Waals surface area (Å²) in [5, 5.41) is 2.70. The lowest BCUT2D eigenvalue weighted by molar-refractivity contribution is -0.124. The Morgan fingerprint density at radius 2 is 2.24 bits per heavy atom. The third-order valence-corrected chi connectivity index (χ3v) is 4.96. The highest BCUT2D eigenvalue weighted by atomic mass is 32.1. The molecule has 1 heterocycles. The third-order valence-electron chi connectivity index (χ3n) is 3.75. The molecule has 5 heteroatoms. The number of carbonyl (C=O) groups is 2. The van der Waals surface area contributed by atoms with Crippen LogP contribution in [-0.2, 0) is 22.4 Å². The average molecular weight is 309 g/mol. The van der Waals surface area contributed by atoms with Gasteiger partial charge in [-0.05, 0) is 50.7 Å². The number of aryl methyl sites for hydroxylation is 1. The van der Waals surface area contributed by atoms with Crippen LogP contribution in [0.4, 0.5) is 0 Å². The number of hydrogen-bond acceptors (Lipinski definition) is 4. The molecule has 0 fully saturated rings. The summed E-state index contributed by atoms with van der Waals surface area (Å²) in [5.74, 6) is 0.0832. The molecule has 1 aromatic rings. The van der Waals surface area contributed by atoms with Crippen molar-refractivity contribution in [1.29, 1.82) is 0 Å². The highest BCUT2D eigenvalue weighted by Gasteiger charge is 2.22. The van der Waals surface area contributed by atoms with E-state index in [1.165, 1.54) is 34.6 Å². The van der Waals surface area contributed by atoms with Crippen molar-refractivity contribution < 1.29 is 14.3 Å². The van der Waals surface area contributed by atoms with E-state index < -0.39 is 0 Å². The van der Waals surface area contributed by atoms with E-state index in [0.29, 0.717) is 4.88 Å². The molecule has 1 amide bonds. The Hall–Kier alpha value is -1.36. The molecule has 1 atom stereocenters. The van der Waals surface area contributed by atoms with Gasteiger partial charge < -0.3 is 10.1 Å². The summed E-state index contributed by atoms with van der Waals surface area (Å²) in [6, 6.07) is 2.00. The zero-order valence-electron chi connectivity index (χ0n) is 12.9. The van der Waals surface area contributed by atoms with Gasteiger partial charge in [-0.1, -0.05) is 13.3 Å². The van der Waals surface area contributed by atoms with Gasteiger partial charge in [0.1, 0.15) is 4.88 Å². The van der Waals surface area contributed by atoms with E-state index >= 15 is 0 Å². The van der Waals surface area contributed by atoms with Crippen LogP contribution in [0.1, 0.15) is 53.7 Å². The Labute approximate surface area is 129 Å². The van der Waals surface area contributed by atoms with Crippen molar-refractivity contribution in [2.75, 3.05) is 6.61 Å². The zero-order valence-corrected chi connectivity index (χ0v) is 13.7. The number of fused-ring (bicyclic) bond motifs is 1. The Morgan fingerprint density at radius 1 is 1.48 bits per heavy atom. The van der Waals surface area contributed by atoms with Gasteiger partial charge in [-0.25, -0.2) is 4.79 Å². The van der Waals surface area contributed by atoms with Gasteiger partial charge in [0.25, 0.3) is 5.91 Å². The second-order valence-electron chi connectivity index (χ2n) is 5.87. The van der Waals surface area contributed by atoms with Crippen LogP contribution in [0.3, 0.4) is 0 Å². The minimum Gasteiger partial charge on any atom is -0.451 e. The van der Waals surface area contributed by atoms with Gasteiger partial charge in [0.15, 0.2) is 6.61 Å². The number of rotatable bonds is 5. The second kappa shape index (κ2) is 7.07. The Balaban J connectivity index is 1.92. The lowest BCUT2D eigenvalue weighted by Gasteiger charge is -2.19. The van der Waals surface area contributed by atoms with Crippen molar-refractivity contribution in [1.82, 2.24) is 5.32 Å². The molecule has 1 N–H and O–H groups in total. The first-order valence-corrected chi connectivity index (χ1v) is 8.39.